The summed E-state index contributed by atoms with van der Waals surface area (Å²) in [6, 6.07) is 14.4. The van der Waals surface area contributed by atoms with Gasteiger partial charge in [0.2, 0.25) is 0 Å². The first-order valence-electron chi connectivity index (χ1n) is 6.84. The van der Waals surface area contributed by atoms with Gasteiger partial charge in [-0.15, -0.1) is 0 Å². The quantitative estimate of drug-likeness (QED) is 0.614. The smallest absolute Gasteiger partial charge is 0.269 e. The Bertz CT molecular complexity index is 971. The predicted molar refractivity (Wildman–Crippen MR) is 97.8 cm³/mol. The molecule has 0 fully saturated rings. The first-order valence-corrected chi connectivity index (χ1v) is 8.43. The Balaban J connectivity index is 2.29. The zero-order valence-corrected chi connectivity index (χ0v) is 15.3. The molecule has 0 aliphatic heterocycles. The molecule has 0 aliphatic carbocycles. The van der Waals surface area contributed by atoms with E-state index < -0.39 is 5.69 Å². The highest BCUT2D eigenvalue weighted by atomic mass is 79.9. The fraction of sp³-hybridized carbons (Fsp3) is 0.0588. The van der Waals surface area contributed by atoms with Gasteiger partial charge in [-0.2, -0.15) is 0 Å². The van der Waals surface area contributed by atoms with Gasteiger partial charge in [0.25, 0.3) is 5.56 Å². The van der Waals surface area contributed by atoms with E-state index >= 15 is 0 Å². The van der Waals surface area contributed by atoms with Crippen LogP contribution in [-0.4, -0.2) is 9.13 Å². The predicted octanol–water partition coefficient (Wildman–Crippen LogP) is 3.82. The molecule has 6 heteroatoms. The average molecular weight is 436 g/mol. The number of aromatic nitrogens is 2. The maximum absolute atomic E-state index is 12.8. The highest BCUT2D eigenvalue weighted by molar-refractivity contribution is 9.10. The maximum atomic E-state index is 12.8. The number of halogens is 2. The summed E-state index contributed by atoms with van der Waals surface area (Å²) in [7, 11) is 0. The van der Waals surface area contributed by atoms with E-state index in [0.717, 1.165) is 8.95 Å². The molecule has 0 unspecified atom stereocenters. The third-order valence-electron chi connectivity index (χ3n) is 3.45. The Morgan fingerprint density at radius 1 is 0.783 bits per heavy atom. The summed E-state index contributed by atoms with van der Waals surface area (Å²) in [6.45, 7) is 1.70. The van der Waals surface area contributed by atoms with Gasteiger partial charge in [0.05, 0.1) is 11.4 Å². The third kappa shape index (κ3) is 3.09. The molecule has 2 aromatic carbocycles. The number of rotatable bonds is 2. The lowest BCUT2D eigenvalue weighted by atomic mass is 10.3. The standard InChI is InChI=1S/C17H12Br2N2O2/c1-11-10-20(14-6-2-12(18)3-7-14)17(23)21(16(11)22)15-8-4-13(19)5-9-15/h2-10H,1H3. The Hall–Kier alpha value is -1.92. The largest absolute Gasteiger partial charge is 0.340 e. The van der Waals surface area contributed by atoms with E-state index in [4.69, 9.17) is 0 Å². The van der Waals surface area contributed by atoms with Crippen LogP contribution in [-0.2, 0) is 0 Å². The lowest BCUT2D eigenvalue weighted by Crippen LogP contribution is -2.38. The van der Waals surface area contributed by atoms with Crippen molar-refractivity contribution < 1.29 is 0 Å². The van der Waals surface area contributed by atoms with Crippen molar-refractivity contribution in [3.8, 4) is 11.4 Å². The van der Waals surface area contributed by atoms with Crippen LogP contribution in [0.5, 0.6) is 0 Å². The normalized spacial score (nSPS) is 10.7. The zero-order chi connectivity index (χ0) is 16.6. The summed E-state index contributed by atoms with van der Waals surface area (Å²) in [6.07, 6.45) is 1.57. The van der Waals surface area contributed by atoms with Crippen LogP contribution in [0.2, 0.25) is 0 Å². The van der Waals surface area contributed by atoms with Crippen LogP contribution in [0.4, 0.5) is 0 Å². The van der Waals surface area contributed by atoms with E-state index in [1.807, 2.05) is 24.3 Å². The van der Waals surface area contributed by atoms with Gasteiger partial charge in [0.15, 0.2) is 0 Å². The van der Waals surface area contributed by atoms with Crippen molar-refractivity contribution in [2.45, 2.75) is 6.92 Å². The fourth-order valence-electron chi connectivity index (χ4n) is 2.28. The van der Waals surface area contributed by atoms with Gasteiger partial charge < -0.3 is 0 Å². The monoisotopic (exact) mass is 434 g/mol. The Kier molecular flexibility index (Phi) is 4.37. The fourth-order valence-corrected chi connectivity index (χ4v) is 2.81. The van der Waals surface area contributed by atoms with Crippen molar-refractivity contribution in [2.24, 2.45) is 0 Å². The molecular weight excluding hydrogens is 424 g/mol. The summed E-state index contributed by atoms with van der Waals surface area (Å²) >= 11 is 6.73. The second-order valence-electron chi connectivity index (χ2n) is 5.06. The molecule has 0 radical (unpaired) electrons. The molecule has 0 saturated heterocycles. The molecule has 1 heterocycles. The summed E-state index contributed by atoms with van der Waals surface area (Å²) in [5.41, 5.74) is 1.02. The Morgan fingerprint density at radius 3 is 1.78 bits per heavy atom. The molecule has 3 aromatic rings. The summed E-state index contributed by atoms with van der Waals surface area (Å²) < 4.78 is 4.47. The molecule has 0 atom stereocenters. The highest BCUT2D eigenvalue weighted by Gasteiger charge is 2.12. The van der Waals surface area contributed by atoms with E-state index in [1.165, 1.54) is 9.13 Å². The number of benzene rings is 2. The Morgan fingerprint density at radius 2 is 1.26 bits per heavy atom. The minimum absolute atomic E-state index is 0.314. The number of hydrogen-bond donors (Lipinski definition) is 0. The average Bonchev–Trinajstić information content (AvgIpc) is 2.54. The van der Waals surface area contributed by atoms with Gasteiger partial charge in [-0.1, -0.05) is 31.9 Å². The van der Waals surface area contributed by atoms with Gasteiger partial charge in [0, 0.05) is 20.7 Å². The maximum Gasteiger partial charge on any atom is 0.340 e. The molecule has 0 aliphatic rings. The van der Waals surface area contributed by atoms with E-state index in [9.17, 15) is 9.59 Å². The molecule has 23 heavy (non-hydrogen) atoms. The molecule has 0 saturated carbocycles. The first-order chi connectivity index (χ1) is 11.0. The van der Waals surface area contributed by atoms with Crippen LogP contribution in [0, 0.1) is 6.92 Å². The number of nitrogens with zero attached hydrogens (tertiary/aromatic N) is 2. The van der Waals surface area contributed by atoms with Crippen LogP contribution in [0.1, 0.15) is 5.56 Å². The zero-order valence-electron chi connectivity index (χ0n) is 12.2. The lowest BCUT2D eigenvalue weighted by Gasteiger charge is -2.12. The minimum atomic E-state index is -0.398. The van der Waals surface area contributed by atoms with Crippen molar-refractivity contribution in [3.05, 3.63) is 90.1 Å². The molecule has 4 nitrogen and oxygen atoms in total. The SMILES string of the molecule is Cc1cn(-c2ccc(Br)cc2)c(=O)n(-c2ccc(Br)cc2)c1=O. The molecular formula is C17H12Br2N2O2. The topological polar surface area (TPSA) is 44.0 Å². The molecule has 1 aromatic heterocycles. The third-order valence-corrected chi connectivity index (χ3v) is 4.51. The van der Waals surface area contributed by atoms with Crippen molar-refractivity contribution >= 4 is 31.9 Å². The van der Waals surface area contributed by atoms with Gasteiger partial charge in [-0.3, -0.25) is 9.36 Å². The van der Waals surface area contributed by atoms with E-state index in [1.54, 1.807) is 37.4 Å². The highest BCUT2D eigenvalue weighted by Crippen LogP contribution is 2.14. The van der Waals surface area contributed by atoms with Crippen molar-refractivity contribution in [1.82, 2.24) is 9.13 Å². The molecule has 0 bridgehead atoms. The molecule has 0 amide bonds. The van der Waals surface area contributed by atoms with Crippen LogP contribution in [0.3, 0.4) is 0 Å². The van der Waals surface area contributed by atoms with E-state index in [2.05, 4.69) is 31.9 Å². The number of aryl methyl sites for hydroxylation is 1. The van der Waals surface area contributed by atoms with Gasteiger partial charge >= 0.3 is 5.69 Å². The second-order valence-corrected chi connectivity index (χ2v) is 6.89. The first kappa shape index (κ1) is 16.0. The van der Waals surface area contributed by atoms with E-state index in [-0.39, 0.29) is 5.56 Å². The van der Waals surface area contributed by atoms with Crippen LogP contribution in [0.25, 0.3) is 11.4 Å². The van der Waals surface area contributed by atoms with Gasteiger partial charge in [0.1, 0.15) is 0 Å². The molecule has 0 spiro atoms. The lowest BCUT2D eigenvalue weighted by molar-refractivity contribution is 0.788. The van der Waals surface area contributed by atoms with Crippen LogP contribution >= 0.6 is 31.9 Å². The molecule has 3 rings (SSSR count). The van der Waals surface area contributed by atoms with Crippen LogP contribution < -0.4 is 11.2 Å². The van der Waals surface area contributed by atoms with Gasteiger partial charge in [-0.05, 0) is 55.5 Å². The molecule has 0 N–H and O–H groups in total. The summed E-state index contributed by atoms with van der Waals surface area (Å²) in [5, 5.41) is 0. The molecule has 116 valence electrons. The number of hydrogen-bond acceptors (Lipinski definition) is 2. The Labute approximate surface area is 149 Å². The summed E-state index contributed by atoms with van der Waals surface area (Å²) in [4.78, 5) is 25.3. The van der Waals surface area contributed by atoms with E-state index in [0.29, 0.717) is 16.9 Å². The minimum Gasteiger partial charge on any atom is -0.269 e. The van der Waals surface area contributed by atoms with Crippen molar-refractivity contribution in [2.75, 3.05) is 0 Å². The second kappa shape index (κ2) is 6.29. The van der Waals surface area contributed by atoms with Crippen molar-refractivity contribution in [1.29, 1.82) is 0 Å². The van der Waals surface area contributed by atoms with Crippen LogP contribution in [0.15, 0.2) is 73.3 Å². The van der Waals surface area contributed by atoms with Crippen molar-refractivity contribution in [3.63, 3.8) is 0 Å². The summed E-state index contributed by atoms with van der Waals surface area (Å²) in [5.74, 6) is 0. The van der Waals surface area contributed by atoms with Gasteiger partial charge in [-0.25, -0.2) is 9.36 Å².